The van der Waals surface area contributed by atoms with Crippen molar-refractivity contribution in [3.63, 3.8) is 0 Å². The maximum absolute atomic E-state index is 11.7. The normalized spacial score (nSPS) is 36.2. The number of carbonyl (C=O) groups is 1. The molecule has 0 N–H and O–H groups in total. The van der Waals surface area contributed by atoms with Crippen molar-refractivity contribution < 1.29 is 14.4 Å². The second-order valence-corrected chi connectivity index (χ2v) is 5.02. The molecule has 2 rings (SSSR count). The summed E-state index contributed by atoms with van der Waals surface area (Å²) in [4.78, 5) is 17.5. The van der Waals surface area contributed by atoms with E-state index in [1.165, 1.54) is 26.4 Å². The van der Waals surface area contributed by atoms with Gasteiger partial charge in [-0.3, -0.25) is 4.84 Å². The Morgan fingerprint density at radius 1 is 1.38 bits per heavy atom. The molecule has 0 aromatic rings. The first-order valence-electron chi connectivity index (χ1n) is 6.20. The molecule has 2 aliphatic heterocycles. The van der Waals surface area contributed by atoms with Gasteiger partial charge < -0.3 is 4.74 Å². The summed E-state index contributed by atoms with van der Waals surface area (Å²) in [6, 6.07) is 0.393. The lowest BCUT2D eigenvalue weighted by Crippen LogP contribution is -2.37. The average Bonchev–Trinajstić information content (AvgIpc) is 2.56. The monoisotopic (exact) mass is 227 g/mol. The molecule has 4 nitrogen and oxygen atoms in total. The summed E-state index contributed by atoms with van der Waals surface area (Å²) >= 11 is 0. The Morgan fingerprint density at radius 3 is 2.88 bits per heavy atom. The molecule has 0 spiro atoms. The van der Waals surface area contributed by atoms with Crippen LogP contribution in [0, 0.1) is 0 Å². The highest BCUT2D eigenvalue weighted by molar-refractivity contribution is 5.79. The molecule has 2 aliphatic rings. The second kappa shape index (κ2) is 4.72. The van der Waals surface area contributed by atoms with Crippen molar-refractivity contribution in [3.8, 4) is 0 Å². The number of esters is 1. The number of fused-ring (bicyclic) bond motifs is 1. The fourth-order valence-electron chi connectivity index (χ4n) is 2.73. The van der Waals surface area contributed by atoms with Gasteiger partial charge in [-0.15, -0.1) is 0 Å². The molecule has 4 heteroatoms. The quantitative estimate of drug-likeness (QED) is 0.641. The van der Waals surface area contributed by atoms with Crippen molar-refractivity contribution in [2.75, 3.05) is 13.7 Å². The van der Waals surface area contributed by atoms with Crippen LogP contribution in [0.25, 0.3) is 0 Å². The van der Waals surface area contributed by atoms with Crippen LogP contribution in [-0.2, 0) is 14.4 Å². The summed E-state index contributed by atoms with van der Waals surface area (Å²) in [6.07, 6.45) is 6.86. The van der Waals surface area contributed by atoms with E-state index >= 15 is 0 Å². The van der Waals surface area contributed by atoms with Gasteiger partial charge in [-0.1, -0.05) is 19.3 Å². The molecule has 2 atom stereocenters. The zero-order valence-electron chi connectivity index (χ0n) is 10.2. The minimum Gasteiger partial charge on any atom is -0.467 e. The lowest BCUT2D eigenvalue weighted by atomic mass is 9.94. The van der Waals surface area contributed by atoms with Crippen LogP contribution in [0.5, 0.6) is 0 Å². The number of hydrogen-bond acceptors (Lipinski definition) is 4. The summed E-state index contributed by atoms with van der Waals surface area (Å²) in [5.74, 6) is -0.251. The number of carbonyl (C=O) groups excluding carboxylic acids is 1. The Morgan fingerprint density at radius 2 is 2.12 bits per heavy atom. The summed E-state index contributed by atoms with van der Waals surface area (Å²) < 4.78 is 4.82. The van der Waals surface area contributed by atoms with Crippen molar-refractivity contribution >= 4 is 5.97 Å². The molecule has 0 aliphatic carbocycles. The van der Waals surface area contributed by atoms with Gasteiger partial charge in [-0.2, -0.15) is 5.06 Å². The van der Waals surface area contributed by atoms with Crippen LogP contribution < -0.4 is 0 Å². The van der Waals surface area contributed by atoms with E-state index in [4.69, 9.17) is 9.57 Å². The Hall–Kier alpha value is -0.610. The van der Waals surface area contributed by atoms with Crippen LogP contribution in [0.4, 0.5) is 0 Å². The topological polar surface area (TPSA) is 38.8 Å². The van der Waals surface area contributed by atoms with E-state index in [9.17, 15) is 4.79 Å². The van der Waals surface area contributed by atoms with E-state index in [-0.39, 0.29) is 5.97 Å². The van der Waals surface area contributed by atoms with Crippen LogP contribution >= 0.6 is 0 Å². The minimum atomic E-state index is -0.760. The van der Waals surface area contributed by atoms with Crippen LogP contribution in [-0.4, -0.2) is 36.3 Å². The van der Waals surface area contributed by atoms with Gasteiger partial charge in [0.1, 0.15) is 0 Å². The van der Waals surface area contributed by atoms with Crippen molar-refractivity contribution in [1.29, 1.82) is 0 Å². The molecule has 0 bridgehead atoms. The summed E-state index contributed by atoms with van der Waals surface area (Å²) in [5.41, 5.74) is -0.760. The fraction of sp³-hybridized carbons (Fsp3) is 0.917. The van der Waals surface area contributed by atoms with E-state index < -0.39 is 5.60 Å². The maximum Gasteiger partial charge on any atom is 0.340 e. The zero-order valence-corrected chi connectivity index (χ0v) is 10.2. The predicted molar refractivity (Wildman–Crippen MR) is 59.7 cm³/mol. The van der Waals surface area contributed by atoms with Crippen LogP contribution in [0.15, 0.2) is 0 Å². The molecular weight excluding hydrogens is 206 g/mol. The Bertz CT molecular complexity index is 251. The largest absolute Gasteiger partial charge is 0.467 e. The average molecular weight is 227 g/mol. The third kappa shape index (κ3) is 2.23. The van der Waals surface area contributed by atoms with Crippen molar-refractivity contribution in [3.05, 3.63) is 0 Å². The summed E-state index contributed by atoms with van der Waals surface area (Å²) in [5, 5.41) is 2.01. The Balaban J connectivity index is 2.05. The molecule has 0 radical (unpaired) electrons. The maximum atomic E-state index is 11.7. The van der Waals surface area contributed by atoms with E-state index in [0.29, 0.717) is 6.04 Å². The number of hydrogen-bond donors (Lipinski definition) is 0. The molecule has 2 saturated heterocycles. The smallest absolute Gasteiger partial charge is 0.340 e. The number of ether oxygens (including phenoxy) is 1. The Kier molecular flexibility index (Phi) is 3.50. The van der Waals surface area contributed by atoms with Crippen LogP contribution in [0.2, 0.25) is 0 Å². The standard InChI is InChI=1S/C12H21NO3/c1-12(11(14)15-2)9-10-7-5-3-4-6-8-13(10)16-12/h10H,3-9H2,1-2H3/t10-,12-/m1/s1. The Labute approximate surface area is 96.8 Å². The first-order chi connectivity index (χ1) is 7.65. The van der Waals surface area contributed by atoms with Crippen molar-refractivity contribution in [1.82, 2.24) is 5.06 Å². The molecule has 0 saturated carbocycles. The minimum absolute atomic E-state index is 0.251. The molecule has 2 fully saturated rings. The first-order valence-corrected chi connectivity index (χ1v) is 6.20. The molecule has 2 heterocycles. The SMILES string of the molecule is COC(=O)[C@@]1(C)C[C@H]2CCCCCCN2O1. The van der Waals surface area contributed by atoms with E-state index in [2.05, 4.69) is 0 Å². The number of hydroxylamine groups is 2. The van der Waals surface area contributed by atoms with E-state index in [1.54, 1.807) is 0 Å². The van der Waals surface area contributed by atoms with Gasteiger partial charge in [-0.25, -0.2) is 4.79 Å². The van der Waals surface area contributed by atoms with Gasteiger partial charge in [0.15, 0.2) is 5.60 Å². The summed E-state index contributed by atoms with van der Waals surface area (Å²) in [7, 11) is 1.42. The summed E-state index contributed by atoms with van der Waals surface area (Å²) in [6.45, 7) is 2.78. The van der Waals surface area contributed by atoms with E-state index in [0.717, 1.165) is 25.8 Å². The van der Waals surface area contributed by atoms with Gasteiger partial charge in [-0.05, 0) is 19.8 Å². The van der Waals surface area contributed by atoms with Gasteiger partial charge >= 0.3 is 5.97 Å². The molecule has 0 aromatic carbocycles. The number of methoxy groups -OCH3 is 1. The van der Waals surface area contributed by atoms with E-state index in [1.807, 2.05) is 12.0 Å². The lowest BCUT2D eigenvalue weighted by molar-refractivity contribution is -0.216. The van der Waals surface area contributed by atoms with Gasteiger partial charge in [0, 0.05) is 19.0 Å². The van der Waals surface area contributed by atoms with Crippen molar-refractivity contribution in [2.24, 2.45) is 0 Å². The molecule has 0 amide bonds. The predicted octanol–water partition coefficient (Wildman–Crippen LogP) is 1.89. The lowest BCUT2D eigenvalue weighted by Gasteiger charge is -2.25. The highest BCUT2D eigenvalue weighted by Gasteiger charge is 2.48. The fourth-order valence-corrected chi connectivity index (χ4v) is 2.73. The molecule has 0 unspecified atom stereocenters. The number of nitrogens with zero attached hydrogens (tertiary/aromatic N) is 1. The first kappa shape index (κ1) is 11.9. The molecule has 92 valence electrons. The van der Waals surface area contributed by atoms with Gasteiger partial charge in [0.25, 0.3) is 0 Å². The van der Waals surface area contributed by atoms with Gasteiger partial charge in [0.2, 0.25) is 0 Å². The highest BCUT2D eigenvalue weighted by atomic mass is 16.7. The third-order valence-electron chi connectivity index (χ3n) is 3.63. The third-order valence-corrected chi connectivity index (χ3v) is 3.63. The van der Waals surface area contributed by atoms with Crippen molar-refractivity contribution in [2.45, 2.75) is 57.1 Å². The molecule has 0 aromatic heterocycles. The zero-order chi connectivity index (χ0) is 11.6. The van der Waals surface area contributed by atoms with Crippen LogP contribution in [0.1, 0.15) is 45.4 Å². The highest BCUT2D eigenvalue weighted by Crippen LogP contribution is 2.35. The number of rotatable bonds is 1. The van der Waals surface area contributed by atoms with Crippen LogP contribution in [0.3, 0.4) is 0 Å². The van der Waals surface area contributed by atoms with Gasteiger partial charge in [0.05, 0.1) is 7.11 Å². The molecule has 16 heavy (non-hydrogen) atoms. The molecular formula is C12H21NO3. The second-order valence-electron chi connectivity index (χ2n) is 5.02.